The summed E-state index contributed by atoms with van der Waals surface area (Å²) in [5.41, 5.74) is 10.3. The van der Waals surface area contributed by atoms with Crippen LogP contribution in [0.4, 0.5) is 0 Å². The number of ether oxygens (including phenoxy) is 1. The number of morpholine rings is 1. The first-order chi connectivity index (χ1) is 9.11. The van der Waals surface area contributed by atoms with Crippen LogP contribution in [0.25, 0.3) is 0 Å². The molecule has 2 aliphatic rings. The molecule has 3 atom stereocenters. The second-order valence-electron chi connectivity index (χ2n) is 6.13. The second kappa shape index (κ2) is 5.23. The van der Waals surface area contributed by atoms with Crippen LogP contribution in [0.2, 0.25) is 0 Å². The van der Waals surface area contributed by atoms with Gasteiger partial charge in [-0.25, -0.2) is 0 Å². The molecule has 2 bridgehead atoms. The maximum atomic E-state index is 6.37. The van der Waals surface area contributed by atoms with E-state index in [1.807, 2.05) is 0 Å². The molecule has 2 aliphatic heterocycles. The van der Waals surface area contributed by atoms with Crippen molar-refractivity contribution in [2.24, 2.45) is 5.73 Å². The van der Waals surface area contributed by atoms with Gasteiger partial charge in [-0.2, -0.15) is 0 Å². The monoisotopic (exact) mass is 260 g/mol. The molecule has 3 nitrogen and oxygen atoms in total. The summed E-state index contributed by atoms with van der Waals surface area (Å²) in [7, 11) is 0. The summed E-state index contributed by atoms with van der Waals surface area (Å²) in [6, 6.07) is 6.68. The highest BCUT2D eigenvalue weighted by molar-refractivity contribution is 5.31. The fraction of sp³-hybridized carbons (Fsp3) is 0.625. The molecule has 0 radical (unpaired) electrons. The predicted molar refractivity (Wildman–Crippen MR) is 77.2 cm³/mol. The molecule has 0 aromatic heterocycles. The topological polar surface area (TPSA) is 38.5 Å². The molecule has 2 N–H and O–H groups in total. The molecule has 0 saturated carbocycles. The summed E-state index contributed by atoms with van der Waals surface area (Å²) < 4.78 is 5.87. The van der Waals surface area contributed by atoms with E-state index in [1.165, 1.54) is 29.5 Å². The third-order valence-corrected chi connectivity index (χ3v) is 4.53. The highest BCUT2D eigenvalue weighted by Crippen LogP contribution is 2.27. The van der Waals surface area contributed by atoms with Crippen molar-refractivity contribution < 1.29 is 4.74 Å². The number of rotatable bonds is 3. The summed E-state index contributed by atoms with van der Waals surface area (Å²) in [6.07, 6.45) is 3.34. The summed E-state index contributed by atoms with van der Waals surface area (Å²) in [5.74, 6) is 0. The van der Waals surface area contributed by atoms with Crippen LogP contribution in [0.15, 0.2) is 18.2 Å². The number of benzene rings is 1. The van der Waals surface area contributed by atoms with Crippen LogP contribution in [0.5, 0.6) is 0 Å². The number of nitrogens with zero attached hydrogens (tertiary/aromatic N) is 1. The Kier molecular flexibility index (Phi) is 3.61. The Labute approximate surface area is 115 Å². The zero-order chi connectivity index (χ0) is 13.4. The van der Waals surface area contributed by atoms with Crippen molar-refractivity contribution >= 4 is 0 Å². The predicted octanol–water partition coefficient (Wildman–Crippen LogP) is 2.17. The number of hydrogen-bond donors (Lipinski definition) is 1. The summed E-state index contributed by atoms with van der Waals surface area (Å²) >= 11 is 0. The highest BCUT2D eigenvalue weighted by Gasteiger charge is 2.34. The highest BCUT2D eigenvalue weighted by atomic mass is 16.5. The molecule has 3 rings (SSSR count). The molecule has 0 spiro atoms. The molecule has 0 aliphatic carbocycles. The van der Waals surface area contributed by atoms with Gasteiger partial charge in [-0.05, 0) is 43.4 Å². The van der Waals surface area contributed by atoms with Crippen LogP contribution < -0.4 is 5.73 Å². The Bertz CT molecular complexity index is 448. The van der Waals surface area contributed by atoms with Crippen LogP contribution in [0.1, 0.15) is 35.6 Å². The Balaban J connectivity index is 1.64. The van der Waals surface area contributed by atoms with Gasteiger partial charge in [0.2, 0.25) is 0 Å². The van der Waals surface area contributed by atoms with E-state index in [1.54, 1.807) is 0 Å². The van der Waals surface area contributed by atoms with Crippen molar-refractivity contribution in [1.82, 2.24) is 4.90 Å². The smallest absolute Gasteiger partial charge is 0.0707 e. The SMILES string of the molecule is Cc1ccc(C(N)CN2CC3CCC(C2)O3)cc1C. The minimum atomic E-state index is 0.108. The van der Waals surface area contributed by atoms with Crippen LogP contribution >= 0.6 is 0 Å². The van der Waals surface area contributed by atoms with Gasteiger partial charge in [0, 0.05) is 25.7 Å². The second-order valence-corrected chi connectivity index (χ2v) is 6.13. The van der Waals surface area contributed by atoms with Crippen LogP contribution in [-0.2, 0) is 4.74 Å². The molecule has 19 heavy (non-hydrogen) atoms. The van der Waals surface area contributed by atoms with Crippen molar-refractivity contribution in [2.45, 2.75) is 44.9 Å². The number of nitrogens with two attached hydrogens (primary N) is 1. The quantitative estimate of drug-likeness (QED) is 0.905. The van der Waals surface area contributed by atoms with Crippen molar-refractivity contribution in [2.75, 3.05) is 19.6 Å². The van der Waals surface area contributed by atoms with Gasteiger partial charge in [-0.1, -0.05) is 18.2 Å². The molecule has 0 amide bonds. The molecule has 2 heterocycles. The number of likely N-dealkylation sites (tertiary alicyclic amines) is 1. The van der Waals surface area contributed by atoms with Gasteiger partial charge in [0.15, 0.2) is 0 Å². The number of fused-ring (bicyclic) bond motifs is 2. The van der Waals surface area contributed by atoms with Crippen LogP contribution in [-0.4, -0.2) is 36.7 Å². The molecule has 104 valence electrons. The molecule has 3 unspecified atom stereocenters. The lowest BCUT2D eigenvalue weighted by Gasteiger charge is -2.33. The standard InChI is InChI=1S/C16H24N2O/c1-11-3-4-13(7-12(11)2)16(17)10-18-8-14-5-6-15(9-18)19-14/h3-4,7,14-16H,5-6,8-10,17H2,1-2H3. The molecule has 2 saturated heterocycles. The summed E-state index contributed by atoms with van der Waals surface area (Å²) in [6.45, 7) is 7.34. The molecule has 1 aromatic rings. The first-order valence-electron chi connectivity index (χ1n) is 7.32. The van der Waals surface area contributed by atoms with Crippen molar-refractivity contribution in [1.29, 1.82) is 0 Å². The minimum Gasteiger partial charge on any atom is -0.372 e. The average molecular weight is 260 g/mol. The molecular weight excluding hydrogens is 236 g/mol. The van der Waals surface area contributed by atoms with Crippen LogP contribution in [0.3, 0.4) is 0 Å². The molecular formula is C16H24N2O. The lowest BCUT2D eigenvalue weighted by Crippen LogP contribution is -2.45. The van der Waals surface area contributed by atoms with E-state index in [4.69, 9.17) is 10.5 Å². The first-order valence-corrected chi connectivity index (χ1v) is 7.32. The van der Waals surface area contributed by atoms with Gasteiger partial charge in [0.25, 0.3) is 0 Å². The summed E-state index contributed by atoms with van der Waals surface area (Å²) in [5, 5.41) is 0. The Morgan fingerprint density at radius 2 is 1.89 bits per heavy atom. The largest absolute Gasteiger partial charge is 0.372 e. The molecule has 3 heteroatoms. The fourth-order valence-electron chi connectivity index (χ4n) is 3.23. The lowest BCUT2D eigenvalue weighted by molar-refractivity contribution is -0.0397. The molecule has 2 fully saturated rings. The van der Waals surface area contributed by atoms with Crippen molar-refractivity contribution in [3.05, 3.63) is 34.9 Å². The van der Waals surface area contributed by atoms with E-state index in [0.29, 0.717) is 12.2 Å². The fourth-order valence-corrected chi connectivity index (χ4v) is 3.23. The third kappa shape index (κ3) is 2.83. The van der Waals surface area contributed by atoms with Gasteiger partial charge >= 0.3 is 0 Å². The van der Waals surface area contributed by atoms with Crippen molar-refractivity contribution in [3.8, 4) is 0 Å². The normalized spacial score (nSPS) is 28.6. The average Bonchev–Trinajstić information content (AvgIpc) is 2.72. The Morgan fingerprint density at radius 3 is 2.53 bits per heavy atom. The Morgan fingerprint density at radius 1 is 1.21 bits per heavy atom. The van der Waals surface area contributed by atoms with E-state index in [-0.39, 0.29) is 6.04 Å². The van der Waals surface area contributed by atoms with E-state index >= 15 is 0 Å². The van der Waals surface area contributed by atoms with E-state index in [0.717, 1.165) is 19.6 Å². The third-order valence-electron chi connectivity index (χ3n) is 4.53. The van der Waals surface area contributed by atoms with Crippen LogP contribution in [0, 0.1) is 13.8 Å². The van der Waals surface area contributed by atoms with Gasteiger partial charge in [-0.15, -0.1) is 0 Å². The number of hydrogen-bond acceptors (Lipinski definition) is 3. The van der Waals surface area contributed by atoms with E-state index in [9.17, 15) is 0 Å². The first kappa shape index (κ1) is 13.1. The lowest BCUT2D eigenvalue weighted by atomic mass is 10.0. The van der Waals surface area contributed by atoms with Crippen molar-refractivity contribution in [3.63, 3.8) is 0 Å². The van der Waals surface area contributed by atoms with E-state index in [2.05, 4.69) is 36.9 Å². The van der Waals surface area contributed by atoms with E-state index < -0.39 is 0 Å². The minimum absolute atomic E-state index is 0.108. The van der Waals surface area contributed by atoms with Gasteiger partial charge in [-0.3, -0.25) is 4.90 Å². The maximum Gasteiger partial charge on any atom is 0.0707 e. The maximum absolute atomic E-state index is 6.37. The van der Waals surface area contributed by atoms with Gasteiger partial charge < -0.3 is 10.5 Å². The number of aryl methyl sites for hydroxylation is 2. The summed E-state index contributed by atoms with van der Waals surface area (Å²) in [4.78, 5) is 2.48. The van der Waals surface area contributed by atoms with Gasteiger partial charge in [0.1, 0.15) is 0 Å². The molecule has 1 aromatic carbocycles. The zero-order valence-electron chi connectivity index (χ0n) is 11.9. The zero-order valence-corrected chi connectivity index (χ0v) is 11.9. The van der Waals surface area contributed by atoms with Gasteiger partial charge in [0.05, 0.1) is 12.2 Å². The Hall–Kier alpha value is -0.900.